The van der Waals surface area contributed by atoms with Gasteiger partial charge in [0.15, 0.2) is 5.96 Å². The van der Waals surface area contributed by atoms with E-state index in [0.29, 0.717) is 19.1 Å². The Hall–Kier alpha value is -2.68. The molecule has 0 atom stereocenters. The molecule has 2 saturated heterocycles. The highest BCUT2D eigenvalue weighted by Gasteiger charge is 2.27. The first-order valence-electron chi connectivity index (χ1n) is 9.91. The normalized spacial score (nSPS) is 19.0. The zero-order valence-corrected chi connectivity index (χ0v) is 16.4. The van der Waals surface area contributed by atoms with Gasteiger partial charge >= 0.3 is 6.03 Å². The van der Waals surface area contributed by atoms with Crippen LogP contribution in [0.15, 0.2) is 29.4 Å². The lowest BCUT2D eigenvalue weighted by atomic mass is 10.0. The van der Waals surface area contributed by atoms with Gasteiger partial charge in [0.05, 0.1) is 25.3 Å². The van der Waals surface area contributed by atoms with Gasteiger partial charge in [-0.25, -0.2) is 4.79 Å². The van der Waals surface area contributed by atoms with E-state index in [1.54, 1.807) is 0 Å². The number of nitrogens with zero attached hydrogens (tertiary/aromatic N) is 4. The molecule has 0 saturated carbocycles. The third-order valence-electron chi connectivity index (χ3n) is 4.91. The number of imide groups is 1. The van der Waals surface area contributed by atoms with E-state index in [9.17, 15) is 9.59 Å². The fraction of sp³-hybridized carbons (Fsp3) is 0.579. The number of pyridine rings is 1. The summed E-state index contributed by atoms with van der Waals surface area (Å²) in [7, 11) is 0. The smallest absolute Gasteiger partial charge is 0.324 e. The van der Waals surface area contributed by atoms with Gasteiger partial charge in [0.2, 0.25) is 5.91 Å². The number of aromatic nitrogens is 1. The molecule has 152 valence electrons. The van der Waals surface area contributed by atoms with Crippen molar-refractivity contribution in [2.45, 2.75) is 32.4 Å². The minimum Gasteiger partial charge on any atom is -0.357 e. The number of piperidine rings is 1. The molecular weight excluding hydrogens is 358 g/mol. The maximum absolute atomic E-state index is 11.6. The average Bonchev–Trinajstić information content (AvgIpc) is 3.02. The Balaban J connectivity index is 1.44. The van der Waals surface area contributed by atoms with E-state index < -0.39 is 0 Å². The number of aliphatic imine (C=N–C) groups is 1. The van der Waals surface area contributed by atoms with Crippen molar-refractivity contribution in [3.05, 3.63) is 30.1 Å². The van der Waals surface area contributed by atoms with Gasteiger partial charge in [0.25, 0.3) is 0 Å². The van der Waals surface area contributed by atoms with Gasteiger partial charge in [0, 0.05) is 38.4 Å². The van der Waals surface area contributed by atoms with Crippen LogP contribution in [0.25, 0.3) is 0 Å². The molecule has 9 heteroatoms. The molecule has 0 aliphatic carbocycles. The molecule has 2 fully saturated rings. The van der Waals surface area contributed by atoms with Crippen molar-refractivity contribution >= 4 is 17.9 Å². The molecule has 0 bridgehead atoms. The maximum atomic E-state index is 11.6. The lowest BCUT2D eigenvalue weighted by Crippen LogP contribution is -2.48. The third-order valence-corrected chi connectivity index (χ3v) is 4.91. The van der Waals surface area contributed by atoms with Crippen LogP contribution in [-0.4, -0.2) is 78.0 Å². The number of carbonyl (C=O) groups is 2. The average molecular weight is 387 g/mol. The Morgan fingerprint density at radius 1 is 1.32 bits per heavy atom. The number of likely N-dealkylation sites (tertiary alicyclic amines) is 1. The van der Waals surface area contributed by atoms with Gasteiger partial charge in [-0.1, -0.05) is 6.07 Å². The molecule has 1 aromatic rings. The van der Waals surface area contributed by atoms with Crippen LogP contribution in [0.4, 0.5) is 4.79 Å². The second kappa shape index (κ2) is 10.0. The molecule has 3 amide bonds. The Morgan fingerprint density at radius 2 is 2.14 bits per heavy atom. The summed E-state index contributed by atoms with van der Waals surface area (Å²) in [5, 5.41) is 9.24. The first-order valence-corrected chi connectivity index (χ1v) is 9.91. The van der Waals surface area contributed by atoms with Crippen molar-refractivity contribution in [2.24, 2.45) is 4.99 Å². The monoisotopic (exact) mass is 387 g/mol. The predicted molar refractivity (Wildman–Crippen MR) is 107 cm³/mol. The van der Waals surface area contributed by atoms with Crippen LogP contribution in [0.2, 0.25) is 0 Å². The molecule has 2 aliphatic rings. The quantitative estimate of drug-likeness (QED) is 0.350. The molecule has 3 N–H and O–H groups in total. The maximum Gasteiger partial charge on any atom is 0.324 e. The highest BCUT2D eigenvalue weighted by molar-refractivity contribution is 6.01. The number of carbonyl (C=O) groups excluding carboxylic acids is 2. The molecule has 1 aromatic heterocycles. The number of rotatable bonds is 7. The van der Waals surface area contributed by atoms with Crippen LogP contribution in [0.3, 0.4) is 0 Å². The van der Waals surface area contributed by atoms with Gasteiger partial charge in [0.1, 0.15) is 0 Å². The summed E-state index contributed by atoms with van der Waals surface area (Å²) in [5.74, 6) is 0.538. The standard InChI is InChI=1S/C19H29N7O2/c1-2-20-18(22-9-12-26-17(27)13-23-19(26)28)24-15-6-10-25(11-7-15)14-16-5-3-4-8-21-16/h3-5,8,15H,2,6-7,9-14H2,1H3,(H,23,28)(H2,20,22,24). The summed E-state index contributed by atoms with van der Waals surface area (Å²) >= 11 is 0. The van der Waals surface area contributed by atoms with Crippen LogP contribution < -0.4 is 16.0 Å². The summed E-state index contributed by atoms with van der Waals surface area (Å²) in [6, 6.07) is 6.04. The Kier molecular flexibility index (Phi) is 7.18. The highest BCUT2D eigenvalue weighted by Crippen LogP contribution is 2.13. The topological polar surface area (TPSA) is 102 Å². The van der Waals surface area contributed by atoms with Gasteiger partial charge in [-0.3, -0.25) is 24.6 Å². The predicted octanol–water partition coefficient (Wildman–Crippen LogP) is 0.153. The van der Waals surface area contributed by atoms with Crippen molar-refractivity contribution in [2.75, 3.05) is 39.3 Å². The van der Waals surface area contributed by atoms with Crippen molar-refractivity contribution in [1.29, 1.82) is 0 Å². The SMILES string of the molecule is CCNC(=NCCN1C(=O)CNC1=O)NC1CCN(Cc2ccccn2)CC1. The molecule has 0 unspecified atom stereocenters. The van der Waals surface area contributed by atoms with Crippen LogP contribution in [0.5, 0.6) is 0 Å². The molecule has 2 aliphatic heterocycles. The molecular formula is C19H29N7O2. The largest absolute Gasteiger partial charge is 0.357 e. The van der Waals surface area contributed by atoms with Crippen LogP contribution in [-0.2, 0) is 11.3 Å². The molecule has 0 spiro atoms. The zero-order chi connectivity index (χ0) is 19.8. The lowest BCUT2D eigenvalue weighted by Gasteiger charge is -2.32. The fourth-order valence-electron chi connectivity index (χ4n) is 3.41. The van der Waals surface area contributed by atoms with Crippen molar-refractivity contribution in [3.8, 4) is 0 Å². The summed E-state index contributed by atoms with van der Waals surface area (Å²) in [5.41, 5.74) is 1.10. The number of hydrogen-bond donors (Lipinski definition) is 3. The molecule has 3 rings (SSSR count). The lowest BCUT2D eigenvalue weighted by molar-refractivity contribution is -0.124. The molecule has 28 heavy (non-hydrogen) atoms. The second-order valence-corrected chi connectivity index (χ2v) is 6.98. The number of amides is 3. The van der Waals surface area contributed by atoms with Gasteiger partial charge in [-0.15, -0.1) is 0 Å². The van der Waals surface area contributed by atoms with Crippen LogP contribution >= 0.6 is 0 Å². The second-order valence-electron chi connectivity index (χ2n) is 6.98. The molecule has 3 heterocycles. The van der Waals surface area contributed by atoms with Crippen molar-refractivity contribution in [1.82, 2.24) is 30.7 Å². The summed E-state index contributed by atoms with van der Waals surface area (Å²) in [6.45, 7) is 6.44. The van der Waals surface area contributed by atoms with Crippen LogP contribution in [0.1, 0.15) is 25.5 Å². The van der Waals surface area contributed by atoms with E-state index in [-0.39, 0.29) is 18.5 Å². The van der Waals surface area contributed by atoms with E-state index >= 15 is 0 Å². The molecule has 9 nitrogen and oxygen atoms in total. The third kappa shape index (κ3) is 5.66. The number of urea groups is 1. The van der Waals surface area contributed by atoms with Gasteiger partial charge in [-0.2, -0.15) is 0 Å². The van der Waals surface area contributed by atoms with Gasteiger partial charge in [-0.05, 0) is 31.9 Å². The summed E-state index contributed by atoms with van der Waals surface area (Å²) < 4.78 is 0. The summed E-state index contributed by atoms with van der Waals surface area (Å²) in [4.78, 5) is 35.7. The van der Waals surface area contributed by atoms with Gasteiger partial charge < -0.3 is 16.0 Å². The van der Waals surface area contributed by atoms with E-state index in [1.807, 2.05) is 25.3 Å². The van der Waals surface area contributed by atoms with E-state index in [2.05, 4.69) is 36.9 Å². The minimum absolute atomic E-state index is 0.0813. The fourth-order valence-corrected chi connectivity index (χ4v) is 3.41. The number of hydrogen-bond acceptors (Lipinski definition) is 5. The van der Waals surface area contributed by atoms with E-state index in [1.165, 1.54) is 4.90 Å². The van der Waals surface area contributed by atoms with E-state index in [0.717, 1.165) is 50.7 Å². The first kappa shape index (κ1) is 20.1. The highest BCUT2D eigenvalue weighted by atomic mass is 16.2. The summed E-state index contributed by atoms with van der Waals surface area (Å²) in [6.07, 6.45) is 3.90. The zero-order valence-electron chi connectivity index (χ0n) is 16.4. The minimum atomic E-state index is -0.335. The van der Waals surface area contributed by atoms with Crippen molar-refractivity contribution in [3.63, 3.8) is 0 Å². The Bertz CT molecular complexity index is 671. The van der Waals surface area contributed by atoms with Crippen LogP contribution in [0, 0.1) is 0 Å². The Morgan fingerprint density at radius 3 is 2.79 bits per heavy atom. The Labute approximate surface area is 165 Å². The molecule has 0 aromatic carbocycles. The van der Waals surface area contributed by atoms with Crippen molar-refractivity contribution < 1.29 is 9.59 Å². The van der Waals surface area contributed by atoms with E-state index in [4.69, 9.17) is 0 Å². The number of nitrogens with one attached hydrogen (secondary N) is 3. The number of guanidine groups is 1. The first-order chi connectivity index (χ1) is 13.7. The molecule has 0 radical (unpaired) electrons.